The maximum absolute atomic E-state index is 10.5. The summed E-state index contributed by atoms with van der Waals surface area (Å²) in [6.45, 7) is 0.153. The van der Waals surface area contributed by atoms with Crippen molar-refractivity contribution in [3.8, 4) is 5.75 Å². The number of methoxy groups -OCH3 is 1. The Hall–Kier alpha value is -1.06. The van der Waals surface area contributed by atoms with Crippen LogP contribution in [0.3, 0.4) is 0 Å². The van der Waals surface area contributed by atoms with Crippen molar-refractivity contribution in [2.45, 2.75) is 0 Å². The Morgan fingerprint density at radius 2 is 2.31 bits per heavy atom. The fourth-order valence-corrected chi connectivity index (χ4v) is 0.991. The maximum Gasteiger partial charge on any atom is 0.188 e. The van der Waals surface area contributed by atoms with E-state index in [0.717, 1.165) is 0 Å². The Labute approximate surface area is 81.2 Å². The van der Waals surface area contributed by atoms with Crippen LogP contribution < -0.4 is 4.74 Å². The number of rotatable bonds is 4. The van der Waals surface area contributed by atoms with E-state index in [1.54, 1.807) is 18.2 Å². The van der Waals surface area contributed by atoms with Gasteiger partial charge in [0, 0.05) is 12.7 Å². The van der Waals surface area contributed by atoms with E-state index in [-0.39, 0.29) is 6.79 Å². The minimum atomic E-state index is 0.153. The van der Waals surface area contributed by atoms with Gasteiger partial charge in [-0.2, -0.15) is 0 Å². The van der Waals surface area contributed by atoms with Gasteiger partial charge in [0.1, 0.15) is 5.75 Å². The van der Waals surface area contributed by atoms with Crippen molar-refractivity contribution < 1.29 is 14.3 Å². The molecule has 0 atom stereocenters. The summed E-state index contributed by atoms with van der Waals surface area (Å²) in [4.78, 5) is 10.5. The zero-order chi connectivity index (χ0) is 9.68. The lowest BCUT2D eigenvalue weighted by molar-refractivity contribution is 0.0510. The Morgan fingerprint density at radius 3 is 2.92 bits per heavy atom. The third-order valence-electron chi connectivity index (χ3n) is 1.44. The van der Waals surface area contributed by atoms with Crippen LogP contribution in [0.4, 0.5) is 0 Å². The molecule has 0 aromatic heterocycles. The summed E-state index contributed by atoms with van der Waals surface area (Å²) < 4.78 is 9.82. The highest BCUT2D eigenvalue weighted by molar-refractivity contribution is 6.32. The van der Waals surface area contributed by atoms with Gasteiger partial charge in [-0.3, -0.25) is 4.79 Å². The van der Waals surface area contributed by atoms with Crippen molar-refractivity contribution in [1.29, 1.82) is 0 Å². The molecule has 0 saturated carbocycles. The first-order chi connectivity index (χ1) is 6.27. The van der Waals surface area contributed by atoms with E-state index in [4.69, 9.17) is 21.1 Å². The van der Waals surface area contributed by atoms with Crippen LogP contribution in [0.1, 0.15) is 10.4 Å². The molecule has 13 heavy (non-hydrogen) atoms. The van der Waals surface area contributed by atoms with Gasteiger partial charge in [-0.1, -0.05) is 11.6 Å². The molecule has 70 valence electrons. The highest BCUT2D eigenvalue weighted by atomic mass is 35.5. The second kappa shape index (κ2) is 4.84. The fourth-order valence-electron chi connectivity index (χ4n) is 0.829. The molecule has 0 saturated heterocycles. The van der Waals surface area contributed by atoms with Crippen LogP contribution in [-0.4, -0.2) is 20.2 Å². The topological polar surface area (TPSA) is 35.5 Å². The van der Waals surface area contributed by atoms with Crippen molar-refractivity contribution in [2.75, 3.05) is 13.9 Å². The van der Waals surface area contributed by atoms with Crippen LogP contribution in [0, 0.1) is 0 Å². The van der Waals surface area contributed by atoms with Crippen molar-refractivity contribution in [1.82, 2.24) is 0 Å². The Bertz CT molecular complexity index is 299. The van der Waals surface area contributed by atoms with Gasteiger partial charge < -0.3 is 9.47 Å². The first kappa shape index (κ1) is 10.0. The number of hydrogen-bond acceptors (Lipinski definition) is 3. The molecule has 0 spiro atoms. The van der Waals surface area contributed by atoms with Crippen molar-refractivity contribution in [3.63, 3.8) is 0 Å². The zero-order valence-electron chi connectivity index (χ0n) is 7.12. The van der Waals surface area contributed by atoms with Crippen LogP contribution in [0.2, 0.25) is 5.02 Å². The first-order valence-corrected chi connectivity index (χ1v) is 4.02. The van der Waals surface area contributed by atoms with E-state index < -0.39 is 0 Å². The highest BCUT2D eigenvalue weighted by Crippen LogP contribution is 2.20. The molecule has 0 aliphatic carbocycles. The smallest absolute Gasteiger partial charge is 0.188 e. The van der Waals surface area contributed by atoms with Crippen LogP contribution in [-0.2, 0) is 4.74 Å². The van der Waals surface area contributed by atoms with E-state index in [1.807, 2.05) is 0 Å². The van der Waals surface area contributed by atoms with Crippen LogP contribution in [0.15, 0.2) is 18.2 Å². The first-order valence-electron chi connectivity index (χ1n) is 3.64. The van der Waals surface area contributed by atoms with Gasteiger partial charge in [0.15, 0.2) is 13.1 Å². The third kappa shape index (κ3) is 2.72. The number of benzene rings is 1. The largest absolute Gasteiger partial charge is 0.468 e. The minimum Gasteiger partial charge on any atom is -0.468 e. The Kier molecular flexibility index (Phi) is 3.73. The summed E-state index contributed by atoms with van der Waals surface area (Å²) in [5.41, 5.74) is 0.412. The van der Waals surface area contributed by atoms with Crippen molar-refractivity contribution in [2.24, 2.45) is 0 Å². The molecule has 3 nitrogen and oxygen atoms in total. The molecule has 0 bridgehead atoms. The van der Waals surface area contributed by atoms with E-state index in [1.165, 1.54) is 7.11 Å². The third-order valence-corrected chi connectivity index (χ3v) is 1.78. The molecule has 1 aromatic carbocycles. The number of carbonyl (C=O) groups excluding carboxylic acids is 1. The lowest BCUT2D eigenvalue weighted by atomic mass is 10.2. The molecule has 1 aromatic rings. The number of carbonyl (C=O) groups is 1. The summed E-state index contributed by atoms with van der Waals surface area (Å²) in [6.07, 6.45) is 0.683. The zero-order valence-corrected chi connectivity index (χ0v) is 7.88. The lowest BCUT2D eigenvalue weighted by Crippen LogP contribution is -1.99. The van der Waals surface area contributed by atoms with Gasteiger partial charge >= 0.3 is 0 Å². The second-order valence-electron chi connectivity index (χ2n) is 2.35. The van der Waals surface area contributed by atoms with Crippen molar-refractivity contribution >= 4 is 17.9 Å². The average molecular weight is 201 g/mol. The SMILES string of the molecule is COCOc1ccc(Cl)c(C=O)c1. The molecule has 4 heteroatoms. The van der Waals surface area contributed by atoms with Gasteiger partial charge in [0.2, 0.25) is 0 Å². The highest BCUT2D eigenvalue weighted by Gasteiger charge is 2.00. The molecule has 0 fully saturated rings. The number of ether oxygens (including phenoxy) is 2. The van der Waals surface area contributed by atoms with Crippen LogP contribution in [0.5, 0.6) is 5.75 Å². The minimum absolute atomic E-state index is 0.153. The molecule has 1 rings (SSSR count). The van der Waals surface area contributed by atoms with Gasteiger partial charge in [-0.25, -0.2) is 0 Å². The molecular formula is C9H9ClO3. The van der Waals surface area contributed by atoms with E-state index >= 15 is 0 Å². The van der Waals surface area contributed by atoms with Crippen LogP contribution in [0.25, 0.3) is 0 Å². The molecule has 0 radical (unpaired) electrons. The average Bonchev–Trinajstić information content (AvgIpc) is 2.16. The standard InChI is InChI=1S/C9H9ClO3/c1-12-6-13-8-2-3-9(10)7(4-8)5-11/h2-5H,6H2,1H3. The number of halogens is 1. The van der Waals surface area contributed by atoms with Crippen LogP contribution >= 0.6 is 11.6 Å². The molecule has 0 N–H and O–H groups in total. The summed E-state index contributed by atoms with van der Waals surface area (Å²) in [5, 5.41) is 0.416. The normalized spacial score (nSPS) is 9.69. The summed E-state index contributed by atoms with van der Waals surface area (Å²) in [6, 6.07) is 4.85. The van der Waals surface area contributed by atoms with E-state index in [2.05, 4.69) is 0 Å². The monoisotopic (exact) mass is 200 g/mol. The van der Waals surface area contributed by atoms with E-state index in [9.17, 15) is 4.79 Å². The van der Waals surface area contributed by atoms with Gasteiger partial charge in [-0.15, -0.1) is 0 Å². The molecule has 0 amide bonds. The lowest BCUT2D eigenvalue weighted by Gasteiger charge is -2.05. The maximum atomic E-state index is 10.5. The molecule has 0 aliphatic rings. The summed E-state index contributed by atoms with van der Waals surface area (Å²) in [7, 11) is 1.52. The summed E-state index contributed by atoms with van der Waals surface area (Å²) in [5.74, 6) is 0.563. The summed E-state index contributed by atoms with van der Waals surface area (Å²) >= 11 is 5.71. The van der Waals surface area contributed by atoms with E-state index in [0.29, 0.717) is 22.6 Å². The number of hydrogen-bond donors (Lipinski definition) is 0. The second-order valence-corrected chi connectivity index (χ2v) is 2.76. The van der Waals surface area contributed by atoms with Gasteiger partial charge in [-0.05, 0) is 18.2 Å². The van der Waals surface area contributed by atoms with Crippen molar-refractivity contribution in [3.05, 3.63) is 28.8 Å². The molecular weight excluding hydrogens is 192 g/mol. The fraction of sp³-hybridized carbons (Fsp3) is 0.222. The van der Waals surface area contributed by atoms with Gasteiger partial charge in [0.25, 0.3) is 0 Å². The predicted octanol–water partition coefficient (Wildman–Crippen LogP) is 2.14. The van der Waals surface area contributed by atoms with Gasteiger partial charge in [0.05, 0.1) is 5.02 Å². The Balaban J connectivity index is 2.80. The molecule has 0 aliphatic heterocycles. The predicted molar refractivity (Wildman–Crippen MR) is 49.3 cm³/mol. The molecule has 0 heterocycles. The molecule has 0 unspecified atom stereocenters. The Morgan fingerprint density at radius 1 is 1.54 bits per heavy atom. The number of aldehydes is 1. The quantitative estimate of drug-likeness (QED) is 0.552.